The van der Waals surface area contributed by atoms with Gasteiger partial charge in [-0.05, 0) is 43.2 Å². The number of ether oxygens (including phenoxy) is 1. The minimum Gasteiger partial charge on any atom is -0.497 e. The van der Waals surface area contributed by atoms with Crippen LogP contribution in [0.1, 0.15) is 12.8 Å². The van der Waals surface area contributed by atoms with Crippen molar-refractivity contribution in [1.29, 1.82) is 0 Å². The first-order chi connectivity index (χ1) is 14.1. The van der Waals surface area contributed by atoms with Crippen molar-refractivity contribution in [2.45, 2.75) is 18.9 Å². The third kappa shape index (κ3) is 4.21. The second-order valence-corrected chi connectivity index (χ2v) is 7.07. The number of anilines is 2. The largest absolute Gasteiger partial charge is 0.497 e. The van der Waals surface area contributed by atoms with Crippen LogP contribution in [0.2, 0.25) is 0 Å². The third-order valence-electron chi connectivity index (χ3n) is 5.19. The quantitative estimate of drug-likeness (QED) is 0.713. The van der Waals surface area contributed by atoms with Crippen molar-refractivity contribution in [3.05, 3.63) is 59.3 Å². The van der Waals surface area contributed by atoms with Crippen LogP contribution in [0.25, 0.3) is 11.4 Å². The number of benzene rings is 1. The number of aromatic nitrogens is 4. The van der Waals surface area contributed by atoms with E-state index in [1.54, 1.807) is 31.0 Å². The first-order valence-corrected chi connectivity index (χ1v) is 9.64. The molecule has 150 valence electrons. The van der Waals surface area contributed by atoms with Crippen LogP contribution in [0, 0.1) is 0 Å². The fourth-order valence-corrected chi connectivity index (χ4v) is 3.53. The van der Waals surface area contributed by atoms with Gasteiger partial charge in [0.25, 0.3) is 5.56 Å². The van der Waals surface area contributed by atoms with Crippen LogP contribution in [0.5, 0.6) is 5.75 Å². The zero-order chi connectivity index (χ0) is 20.2. The summed E-state index contributed by atoms with van der Waals surface area (Å²) in [5.74, 6) is 1.52. The Kier molecular flexibility index (Phi) is 5.41. The van der Waals surface area contributed by atoms with Gasteiger partial charge in [0, 0.05) is 44.1 Å². The van der Waals surface area contributed by atoms with Crippen molar-refractivity contribution in [1.82, 2.24) is 19.5 Å². The fraction of sp³-hybridized carbons (Fsp3) is 0.333. The molecule has 0 saturated carbocycles. The molecule has 8 heteroatoms. The fourth-order valence-electron chi connectivity index (χ4n) is 3.53. The van der Waals surface area contributed by atoms with E-state index in [9.17, 15) is 4.79 Å². The second-order valence-electron chi connectivity index (χ2n) is 7.07. The molecule has 0 radical (unpaired) electrons. The number of piperidine rings is 1. The van der Waals surface area contributed by atoms with Crippen LogP contribution in [0.3, 0.4) is 0 Å². The molecule has 0 aliphatic carbocycles. The van der Waals surface area contributed by atoms with Gasteiger partial charge in [0.05, 0.1) is 18.5 Å². The topological polar surface area (TPSA) is 85.2 Å². The second kappa shape index (κ2) is 8.30. The van der Waals surface area contributed by atoms with Gasteiger partial charge >= 0.3 is 0 Å². The number of rotatable bonds is 5. The molecule has 4 rings (SSSR count). The summed E-state index contributed by atoms with van der Waals surface area (Å²) in [6, 6.07) is 11.6. The molecule has 3 aromatic rings. The zero-order valence-corrected chi connectivity index (χ0v) is 16.6. The minimum atomic E-state index is -0.0953. The Labute approximate surface area is 169 Å². The lowest BCUT2D eigenvalue weighted by Crippen LogP contribution is -2.42. The summed E-state index contributed by atoms with van der Waals surface area (Å²) in [6.07, 6.45) is 5.03. The third-order valence-corrected chi connectivity index (χ3v) is 5.19. The molecule has 1 saturated heterocycles. The van der Waals surface area contributed by atoms with Crippen LogP contribution in [0.4, 0.5) is 11.6 Å². The number of methoxy groups -OCH3 is 1. The van der Waals surface area contributed by atoms with Crippen molar-refractivity contribution in [3.8, 4) is 17.1 Å². The molecule has 1 aromatic carbocycles. The maximum absolute atomic E-state index is 12.5. The number of hydrogen-bond donors (Lipinski definition) is 1. The average Bonchev–Trinajstić information content (AvgIpc) is 2.77. The molecule has 0 atom stereocenters. The van der Waals surface area contributed by atoms with Crippen LogP contribution in [-0.2, 0) is 7.05 Å². The lowest BCUT2D eigenvalue weighted by Gasteiger charge is -2.34. The van der Waals surface area contributed by atoms with Gasteiger partial charge < -0.3 is 15.0 Å². The number of hydrogen-bond acceptors (Lipinski definition) is 7. The predicted octanol–water partition coefficient (Wildman–Crippen LogP) is 2.33. The predicted molar refractivity (Wildman–Crippen MR) is 112 cm³/mol. The molecule has 29 heavy (non-hydrogen) atoms. The van der Waals surface area contributed by atoms with E-state index in [1.807, 2.05) is 24.3 Å². The average molecular weight is 392 g/mol. The summed E-state index contributed by atoms with van der Waals surface area (Å²) in [4.78, 5) is 27.5. The molecule has 0 bridgehead atoms. The maximum atomic E-state index is 12.5. The van der Waals surface area contributed by atoms with Gasteiger partial charge in [-0.1, -0.05) is 0 Å². The normalized spacial score (nSPS) is 14.6. The van der Waals surface area contributed by atoms with E-state index in [2.05, 4.69) is 20.2 Å². The Balaban J connectivity index is 1.46. The van der Waals surface area contributed by atoms with E-state index in [-0.39, 0.29) is 5.56 Å². The number of nitrogens with zero attached hydrogens (tertiary/aromatic N) is 5. The summed E-state index contributed by atoms with van der Waals surface area (Å²) in [5.41, 5.74) is 2.21. The summed E-state index contributed by atoms with van der Waals surface area (Å²) in [6.45, 7) is 1.64. The van der Waals surface area contributed by atoms with E-state index >= 15 is 0 Å². The van der Waals surface area contributed by atoms with Crippen LogP contribution in [-0.4, -0.2) is 45.8 Å². The van der Waals surface area contributed by atoms with E-state index in [1.165, 1.54) is 12.4 Å². The Morgan fingerprint density at radius 3 is 2.52 bits per heavy atom. The summed E-state index contributed by atoms with van der Waals surface area (Å²) in [5, 5.41) is 3.58. The lowest BCUT2D eigenvalue weighted by atomic mass is 10.0. The zero-order valence-electron chi connectivity index (χ0n) is 16.6. The van der Waals surface area contributed by atoms with Gasteiger partial charge in [-0.3, -0.25) is 9.36 Å². The highest BCUT2D eigenvalue weighted by molar-refractivity contribution is 5.55. The SMILES string of the molecule is COc1ccc(NC2CCN(c3nc(-c4ccncn4)cc(=O)n3C)CC2)cc1. The molecule has 2 aromatic heterocycles. The van der Waals surface area contributed by atoms with Crippen molar-refractivity contribution in [2.24, 2.45) is 7.05 Å². The maximum Gasteiger partial charge on any atom is 0.255 e. The molecule has 1 aliphatic heterocycles. The van der Waals surface area contributed by atoms with Gasteiger partial charge in [0.1, 0.15) is 12.1 Å². The van der Waals surface area contributed by atoms with Gasteiger partial charge in [-0.15, -0.1) is 0 Å². The minimum absolute atomic E-state index is 0.0953. The Bertz CT molecular complexity index is 1010. The molecule has 1 fully saturated rings. The molecule has 8 nitrogen and oxygen atoms in total. The Morgan fingerprint density at radius 2 is 1.86 bits per heavy atom. The molecule has 0 unspecified atom stereocenters. The summed E-state index contributed by atoms with van der Waals surface area (Å²) in [7, 11) is 3.43. The van der Waals surface area contributed by atoms with E-state index in [0.29, 0.717) is 23.4 Å². The van der Waals surface area contributed by atoms with Crippen LogP contribution in [0.15, 0.2) is 53.7 Å². The first kappa shape index (κ1) is 18.9. The molecular formula is C21H24N6O2. The van der Waals surface area contributed by atoms with E-state index < -0.39 is 0 Å². The molecule has 1 aliphatic rings. The molecular weight excluding hydrogens is 368 g/mol. The molecule has 0 spiro atoms. The van der Waals surface area contributed by atoms with Gasteiger partial charge in [0.15, 0.2) is 0 Å². The molecule has 0 amide bonds. The summed E-state index contributed by atoms with van der Waals surface area (Å²) < 4.78 is 6.81. The van der Waals surface area contributed by atoms with Crippen molar-refractivity contribution < 1.29 is 4.74 Å². The van der Waals surface area contributed by atoms with E-state index in [4.69, 9.17) is 9.72 Å². The standard InChI is InChI=1S/C21H24N6O2/c1-26-20(28)13-19(18-7-10-22-14-23-18)25-21(26)27-11-8-16(9-12-27)24-15-3-5-17(29-2)6-4-15/h3-7,10,13-14,16,24H,8-9,11-12H2,1-2H3. The highest BCUT2D eigenvalue weighted by atomic mass is 16.5. The smallest absolute Gasteiger partial charge is 0.255 e. The Morgan fingerprint density at radius 1 is 1.10 bits per heavy atom. The monoisotopic (exact) mass is 392 g/mol. The highest BCUT2D eigenvalue weighted by Gasteiger charge is 2.22. The van der Waals surface area contributed by atoms with Crippen molar-refractivity contribution in [3.63, 3.8) is 0 Å². The number of nitrogens with one attached hydrogen (secondary N) is 1. The van der Waals surface area contributed by atoms with Crippen LogP contribution < -0.4 is 20.5 Å². The van der Waals surface area contributed by atoms with Crippen molar-refractivity contribution in [2.75, 3.05) is 30.4 Å². The van der Waals surface area contributed by atoms with Crippen molar-refractivity contribution >= 4 is 11.6 Å². The first-order valence-electron chi connectivity index (χ1n) is 9.64. The molecule has 3 heterocycles. The van der Waals surface area contributed by atoms with E-state index in [0.717, 1.165) is 37.4 Å². The molecule has 1 N–H and O–H groups in total. The van der Waals surface area contributed by atoms with Gasteiger partial charge in [-0.2, -0.15) is 0 Å². The lowest BCUT2D eigenvalue weighted by molar-refractivity contribution is 0.415. The van der Waals surface area contributed by atoms with Gasteiger partial charge in [0.2, 0.25) is 5.95 Å². The van der Waals surface area contributed by atoms with Gasteiger partial charge in [-0.25, -0.2) is 15.0 Å². The summed E-state index contributed by atoms with van der Waals surface area (Å²) >= 11 is 0. The Hall–Kier alpha value is -3.42. The highest BCUT2D eigenvalue weighted by Crippen LogP contribution is 2.23. The van der Waals surface area contributed by atoms with Crippen LogP contribution >= 0.6 is 0 Å².